The molecule has 5 rings (SSSR count). The van der Waals surface area contributed by atoms with Gasteiger partial charge in [0.2, 0.25) is 0 Å². The molecule has 1 aromatic carbocycles. The number of anilines is 1. The standard InChI is InChI=1S/C24H26N4O4S/c1-13-7-8-15(19(29)10-13)17-11-18(28-27-17)22(30)26-24-21(16-5-2-6-20(16)33-24)23(31)25-12-14-4-3-9-32-14/h7-8,10-11,14,29H,2-6,9,12H2,1H3,(H,25,31)(H,26,30)(H,27,28). The molecule has 0 spiro atoms. The average Bonchev–Trinajstić information content (AvgIpc) is 3.56. The SMILES string of the molecule is Cc1ccc(-c2cc(C(=O)Nc3sc4c(c3C(=O)NCC3CCCO3)CCC4)[nH]n2)c(O)c1. The largest absolute Gasteiger partial charge is 0.507 e. The van der Waals surface area contributed by atoms with Gasteiger partial charge in [0.25, 0.3) is 11.8 Å². The zero-order valence-electron chi connectivity index (χ0n) is 18.4. The highest BCUT2D eigenvalue weighted by molar-refractivity contribution is 7.17. The summed E-state index contributed by atoms with van der Waals surface area (Å²) in [5, 5.41) is 23.6. The number of thiophene rings is 1. The number of hydrogen-bond donors (Lipinski definition) is 4. The van der Waals surface area contributed by atoms with Crippen molar-refractivity contribution in [3.8, 4) is 17.0 Å². The molecule has 1 saturated heterocycles. The van der Waals surface area contributed by atoms with Gasteiger partial charge >= 0.3 is 0 Å². The van der Waals surface area contributed by atoms with E-state index in [4.69, 9.17) is 4.74 Å². The van der Waals surface area contributed by atoms with E-state index in [1.165, 1.54) is 11.3 Å². The number of aromatic hydroxyl groups is 1. The van der Waals surface area contributed by atoms with Crippen molar-refractivity contribution in [2.45, 2.75) is 45.1 Å². The number of nitrogens with one attached hydrogen (secondary N) is 3. The molecule has 3 aromatic rings. The predicted molar refractivity (Wildman–Crippen MR) is 126 cm³/mol. The third-order valence-electron chi connectivity index (χ3n) is 6.14. The Hall–Kier alpha value is -3.17. The second-order valence-corrected chi connectivity index (χ2v) is 9.65. The van der Waals surface area contributed by atoms with Gasteiger partial charge in [-0.2, -0.15) is 5.10 Å². The lowest BCUT2D eigenvalue weighted by Crippen LogP contribution is -2.32. The second-order valence-electron chi connectivity index (χ2n) is 8.55. The quantitative estimate of drug-likeness (QED) is 0.441. The van der Waals surface area contributed by atoms with Crippen LogP contribution in [0, 0.1) is 6.92 Å². The summed E-state index contributed by atoms with van der Waals surface area (Å²) < 4.78 is 5.61. The maximum absolute atomic E-state index is 13.1. The number of H-pyrrole nitrogens is 1. The summed E-state index contributed by atoms with van der Waals surface area (Å²) in [4.78, 5) is 27.2. The number of aryl methyl sites for hydroxylation is 2. The highest BCUT2D eigenvalue weighted by Crippen LogP contribution is 2.39. The Kier molecular flexibility index (Phi) is 5.90. The molecule has 0 saturated carbocycles. The van der Waals surface area contributed by atoms with E-state index in [1.807, 2.05) is 13.0 Å². The molecule has 3 heterocycles. The summed E-state index contributed by atoms with van der Waals surface area (Å²) in [5.41, 5.74) is 3.80. The summed E-state index contributed by atoms with van der Waals surface area (Å²) >= 11 is 1.47. The first-order valence-corrected chi connectivity index (χ1v) is 12.0. The number of aromatic nitrogens is 2. The van der Waals surface area contributed by atoms with Gasteiger partial charge in [-0.05, 0) is 68.4 Å². The second kappa shape index (κ2) is 8.99. The van der Waals surface area contributed by atoms with Gasteiger partial charge in [0.1, 0.15) is 16.4 Å². The van der Waals surface area contributed by atoms with Crippen molar-refractivity contribution in [2.24, 2.45) is 0 Å². The van der Waals surface area contributed by atoms with Crippen molar-refractivity contribution < 1.29 is 19.4 Å². The number of nitrogens with zero attached hydrogens (tertiary/aromatic N) is 1. The number of rotatable bonds is 6. The summed E-state index contributed by atoms with van der Waals surface area (Å²) in [5.74, 6) is -0.447. The van der Waals surface area contributed by atoms with Crippen molar-refractivity contribution in [2.75, 3.05) is 18.5 Å². The fourth-order valence-electron chi connectivity index (χ4n) is 4.44. The fraction of sp³-hybridized carbons (Fsp3) is 0.375. The first-order valence-electron chi connectivity index (χ1n) is 11.2. The van der Waals surface area contributed by atoms with Crippen LogP contribution in [-0.2, 0) is 17.6 Å². The van der Waals surface area contributed by atoms with E-state index >= 15 is 0 Å². The maximum Gasteiger partial charge on any atom is 0.274 e. The molecule has 2 amide bonds. The van der Waals surface area contributed by atoms with Gasteiger partial charge < -0.3 is 20.5 Å². The summed E-state index contributed by atoms with van der Waals surface area (Å²) in [6.45, 7) is 3.10. The smallest absolute Gasteiger partial charge is 0.274 e. The Labute approximate surface area is 195 Å². The van der Waals surface area contributed by atoms with E-state index in [1.54, 1.807) is 18.2 Å². The van der Waals surface area contributed by atoms with Crippen LogP contribution in [-0.4, -0.2) is 46.4 Å². The first kappa shape index (κ1) is 21.7. The molecular weight excluding hydrogens is 440 g/mol. The van der Waals surface area contributed by atoms with E-state index in [2.05, 4.69) is 20.8 Å². The molecule has 9 heteroatoms. The van der Waals surface area contributed by atoms with Gasteiger partial charge in [0.05, 0.1) is 17.4 Å². The summed E-state index contributed by atoms with van der Waals surface area (Å²) in [6.07, 6.45) is 4.80. The van der Waals surface area contributed by atoms with E-state index in [0.29, 0.717) is 28.4 Å². The molecular formula is C24H26N4O4S. The molecule has 1 fully saturated rings. The monoisotopic (exact) mass is 466 g/mol. The van der Waals surface area contributed by atoms with Crippen molar-refractivity contribution in [3.63, 3.8) is 0 Å². The lowest BCUT2D eigenvalue weighted by Gasteiger charge is -2.12. The van der Waals surface area contributed by atoms with E-state index in [0.717, 1.165) is 54.7 Å². The van der Waals surface area contributed by atoms with Crippen LogP contribution in [0.15, 0.2) is 24.3 Å². The van der Waals surface area contributed by atoms with Gasteiger partial charge in [0, 0.05) is 23.6 Å². The van der Waals surface area contributed by atoms with Crippen molar-refractivity contribution >= 4 is 28.2 Å². The third-order valence-corrected chi connectivity index (χ3v) is 7.35. The third kappa shape index (κ3) is 4.38. The molecule has 2 aromatic heterocycles. The van der Waals surface area contributed by atoms with Crippen molar-refractivity contribution in [1.29, 1.82) is 0 Å². The molecule has 0 bridgehead atoms. The van der Waals surface area contributed by atoms with Crippen LogP contribution in [0.3, 0.4) is 0 Å². The van der Waals surface area contributed by atoms with Crippen LogP contribution in [0.1, 0.15) is 56.1 Å². The van der Waals surface area contributed by atoms with Gasteiger partial charge in [-0.25, -0.2) is 0 Å². The molecule has 172 valence electrons. The summed E-state index contributed by atoms with van der Waals surface area (Å²) in [6, 6.07) is 6.89. The highest BCUT2D eigenvalue weighted by atomic mass is 32.1. The van der Waals surface area contributed by atoms with E-state index < -0.39 is 0 Å². The van der Waals surface area contributed by atoms with Crippen LogP contribution in [0.5, 0.6) is 5.75 Å². The molecule has 1 atom stereocenters. The number of aromatic amines is 1. The number of fused-ring (bicyclic) bond motifs is 1. The number of phenolic OH excluding ortho intramolecular Hbond substituents is 1. The van der Waals surface area contributed by atoms with Crippen LogP contribution in [0.2, 0.25) is 0 Å². The molecule has 1 aliphatic heterocycles. The van der Waals surface area contributed by atoms with Crippen molar-refractivity contribution in [3.05, 3.63) is 51.5 Å². The first-order chi connectivity index (χ1) is 16.0. The Balaban J connectivity index is 1.34. The topological polar surface area (TPSA) is 116 Å². The number of ether oxygens (including phenoxy) is 1. The van der Waals surface area contributed by atoms with Crippen LogP contribution in [0.25, 0.3) is 11.3 Å². The average molecular weight is 467 g/mol. The number of amides is 2. The molecule has 33 heavy (non-hydrogen) atoms. The number of carbonyl (C=O) groups is 2. The zero-order chi connectivity index (χ0) is 22.9. The fourth-order valence-corrected chi connectivity index (χ4v) is 5.72. The Morgan fingerprint density at radius 2 is 2.12 bits per heavy atom. The van der Waals surface area contributed by atoms with E-state index in [-0.39, 0.29) is 29.4 Å². The van der Waals surface area contributed by atoms with Gasteiger partial charge in [-0.1, -0.05) is 6.07 Å². The molecule has 8 nitrogen and oxygen atoms in total. The number of benzene rings is 1. The normalized spacial score (nSPS) is 17.2. The Morgan fingerprint density at radius 1 is 1.24 bits per heavy atom. The number of phenols is 1. The summed E-state index contributed by atoms with van der Waals surface area (Å²) in [7, 11) is 0. The van der Waals surface area contributed by atoms with Crippen LogP contribution in [0.4, 0.5) is 5.00 Å². The van der Waals surface area contributed by atoms with Gasteiger partial charge in [0.15, 0.2) is 0 Å². The lowest BCUT2D eigenvalue weighted by molar-refractivity contribution is 0.0858. The van der Waals surface area contributed by atoms with Crippen LogP contribution >= 0.6 is 11.3 Å². The minimum Gasteiger partial charge on any atom is -0.507 e. The minimum atomic E-state index is -0.381. The Morgan fingerprint density at radius 3 is 2.91 bits per heavy atom. The molecule has 1 aliphatic carbocycles. The van der Waals surface area contributed by atoms with Gasteiger partial charge in [-0.15, -0.1) is 11.3 Å². The molecule has 2 aliphatic rings. The maximum atomic E-state index is 13.1. The molecule has 0 radical (unpaired) electrons. The minimum absolute atomic E-state index is 0.0558. The zero-order valence-corrected chi connectivity index (χ0v) is 19.2. The highest BCUT2D eigenvalue weighted by Gasteiger charge is 2.28. The number of hydrogen-bond acceptors (Lipinski definition) is 6. The Bertz CT molecular complexity index is 1210. The van der Waals surface area contributed by atoms with Crippen LogP contribution < -0.4 is 10.6 Å². The number of carbonyl (C=O) groups excluding carboxylic acids is 2. The lowest BCUT2D eigenvalue weighted by atomic mass is 10.1. The van der Waals surface area contributed by atoms with Gasteiger partial charge in [-0.3, -0.25) is 14.7 Å². The molecule has 1 unspecified atom stereocenters. The predicted octanol–water partition coefficient (Wildman–Crippen LogP) is 3.80. The van der Waals surface area contributed by atoms with Crippen molar-refractivity contribution in [1.82, 2.24) is 15.5 Å². The molecule has 4 N–H and O–H groups in total. The van der Waals surface area contributed by atoms with E-state index in [9.17, 15) is 14.7 Å².